The number of hydrogen-bond acceptors (Lipinski definition) is 6. The molecule has 1 spiro atoms. The highest BCUT2D eigenvalue weighted by molar-refractivity contribution is 5.91. The predicted octanol–water partition coefficient (Wildman–Crippen LogP) is -0.636. The summed E-state index contributed by atoms with van der Waals surface area (Å²) in [6.07, 6.45) is -2.53. The number of epoxide rings is 1. The molecule has 2 aliphatic heterocycles. The lowest BCUT2D eigenvalue weighted by Gasteiger charge is -2.38. The Hall–Kier alpha value is -0.950. The van der Waals surface area contributed by atoms with Gasteiger partial charge in [0.1, 0.15) is 23.9 Å². The lowest BCUT2D eigenvalue weighted by Crippen LogP contribution is -2.53. The van der Waals surface area contributed by atoms with Crippen LogP contribution in [0.15, 0.2) is 12.2 Å². The highest BCUT2D eigenvalue weighted by Gasteiger charge is 2.82. The molecule has 4 aliphatic rings. The van der Waals surface area contributed by atoms with Crippen molar-refractivity contribution in [1.82, 2.24) is 0 Å². The van der Waals surface area contributed by atoms with Crippen LogP contribution in [-0.2, 0) is 14.3 Å². The van der Waals surface area contributed by atoms with Crippen LogP contribution >= 0.6 is 0 Å². The van der Waals surface area contributed by atoms with E-state index in [9.17, 15) is 20.1 Å². The minimum atomic E-state index is -1.42. The van der Waals surface area contributed by atoms with Gasteiger partial charge in [0, 0.05) is 5.57 Å². The van der Waals surface area contributed by atoms with Crippen LogP contribution in [0.5, 0.6) is 0 Å². The molecule has 116 valence electrons. The monoisotopic (exact) mass is 296 g/mol. The zero-order chi connectivity index (χ0) is 15.3. The molecular weight excluding hydrogens is 276 g/mol. The van der Waals surface area contributed by atoms with Gasteiger partial charge in [-0.25, -0.2) is 4.79 Å². The number of carbonyl (C=O) groups excluding carboxylic acids is 1. The smallest absolute Gasteiger partial charge is 0.334 e. The molecule has 0 amide bonds. The molecule has 6 nitrogen and oxygen atoms in total. The average molecular weight is 296 g/mol. The Morgan fingerprint density at radius 1 is 1.38 bits per heavy atom. The number of rotatable bonds is 0. The van der Waals surface area contributed by atoms with Gasteiger partial charge < -0.3 is 24.8 Å². The summed E-state index contributed by atoms with van der Waals surface area (Å²) in [4.78, 5) is 11.9. The fourth-order valence-corrected chi connectivity index (χ4v) is 5.01. The summed E-state index contributed by atoms with van der Waals surface area (Å²) < 4.78 is 11.2. The van der Waals surface area contributed by atoms with Crippen molar-refractivity contribution in [2.75, 3.05) is 0 Å². The quantitative estimate of drug-likeness (QED) is 0.312. The Balaban J connectivity index is 1.86. The first-order chi connectivity index (χ1) is 9.72. The van der Waals surface area contributed by atoms with E-state index in [-0.39, 0.29) is 11.5 Å². The largest absolute Gasteiger partial charge is 0.458 e. The molecular formula is C15H20O6. The molecule has 2 aliphatic carbocycles. The van der Waals surface area contributed by atoms with Crippen LogP contribution in [0, 0.1) is 17.8 Å². The SMILES string of the molecule is C=C1C(=O)OC2C3C4(OC4[C@H](O)[C@@]3(C)O)[C@@H](C)C[C@@H](O)[C@@H]12. The maximum Gasteiger partial charge on any atom is 0.334 e. The maximum atomic E-state index is 11.9. The van der Waals surface area contributed by atoms with Gasteiger partial charge in [0.25, 0.3) is 0 Å². The fourth-order valence-electron chi connectivity index (χ4n) is 5.01. The molecule has 3 N–H and O–H groups in total. The molecule has 9 atom stereocenters. The van der Waals surface area contributed by atoms with E-state index in [2.05, 4.69) is 6.58 Å². The third kappa shape index (κ3) is 1.35. The summed E-state index contributed by atoms with van der Waals surface area (Å²) in [7, 11) is 0. The maximum absolute atomic E-state index is 11.9. The van der Waals surface area contributed by atoms with Crippen LogP contribution in [0.4, 0.5) is 0 Å². The summed E-state index contributed by atoms with van der Waals surface area (Å²) in [5, 5.41) is 31.5. The minimum Gasteiger partial charge on any atom is -0.458 e. The molecule has 21 heavy (non-hydrogen) atoms. The summed E-state index contributed by atoms with van der Waals surface area (Å²) >= 11 is 0. The molecule has 2 saturated carbocycles. The van der Waals surface area contributed by atoms with E-state index in [1.54, 1.807) is 6.92 Å². The zero-order valence-corrected chi connectivity index (χ0v) is 12.0. The second-order valence-corrected chi connectivity index (χ2v) is 7.17. The van der Waals surface area contributed by atoms with Crippen molar-refractivity contribution in [3.8, 4) is 0 Å². The van der Waals surface area contributed by atoms with Crippen molar-refractivity contribution >= 4 is 5.97 Å². The van der Waals surface area contributed by atoms with Gasteiger partial charge in [0.05, 0.1) is 23.5 Å². The average Bonchev–Trinajstić information content (AvgIpc) is 3.02. The van der Waals surface area contributed by atoms with Gasteiger partial charge >= 0.3 is 5.97 Å². The fraction of sp³-hybridized carbons (Fsp3) is 0.800. The van der Waals surface area contributed by atoms with E-state index in [1.807, 2.05) is 6.92 Å². The summed E-state index contributed by atoms with van der Waals surface area (Å²) in [5.74, 6) is -1.71. The molecule has 4 unspecified atom stereocenters. The van der Waals surface area contributed by atoms with Crippen molar-refractivity contribution in [3.63, 3.8) is 0 Å². The molecule has 4 rings (SSSR count). The predicted molar refractivity (Wildman–Crippen MR) is 70.0 cm³/mol. The molecule has 6 heteroatoms. The number of aliphatic hydroxyl groups excluding tert-OH is 2. The third-order valence-corrected chi connectivity index (χ3v) is 6.09. The molecule has 0 aromatic heterocycles. The van der Waals surface area contributed by atoms with Crippen LogP contribution < -0.4 is 0 Å². The second kappa shape index (κ2) is 3.68. The molecule has 0 radical (unpaired) electrons. The Morgan fingerprint density at radius 3 is 2.71 bits per heavy atom. The van der Waals surface area contributed by atoms with Crippen LogP contribution in [-0.4, -0.2) is 56.9 Å². The van der Waals surface area contributed by atoms with Crippen molar-refractivity contribution in [3.05, 3.63) is 12.2 Å². The van der Waals surface area contributed by atoms with Crippen molar-refractivity contribution in [1.29, 1.82) is 0 Å². The first kappa shape index (κ1) is 13.7. The molecule has 2 heterocycles. The van der Waals surface area contributed by atoms with E-state index in [4.69, 9.17) is 9.47 Å². The summed E-state index contributed by atoms with van der Waals surface area (Å²) in [6, 6.07) is 0. The standard InChI is InChI=1S/C15H20O6/c1-5-4-7(16)8-6(2)13(18)20-9(8)10-14(3,19)11(17)12-15(5,10)21-12/h5,7-12,16-17,19H,2,4H2,1,3H3/t5-,7+,8+,9?,10?,11-,12?,14-,15?/m0/s1. The number of aliphatic hydroxyl groups is 3. The highest BCUT2D eigenvalue weighted by atomic mass is 16.6. The Labute approximate surface area is 122 Å². The van der Waals surface area contributed by atoms with Gasteiger partial charge in [-0.05, 0) is 19.3 Å². The van der Waals surface area contributed by atoms with E-state index < -0.39 is 53.4 Å². The molecule has 0 aromatic rings. The lowest BCUT2D eigenvalue weighted by molar-refractivity contribution is -0.168. The molecule has 0 bridgehead atoms. The minimum absolute atomic E-state index is 0.0526. The molecule has 0 aromatic carbocycles. The van der Waals surface area contributed by atoms with E-state index in [0.29, 0.717) is 6.42 Å². The molecule has 2 saturated heterocycles. The van der Waals surface area contributed by atoms with Gasteiger partial charge in [-0.2, -0.15) is 0 Å². The van der Waals surface area contributed by atoms with E-state index in [0.717, 1.165) is 0 Å². The lowest BCUT2D eigenvalue weighted by atomic mass is 9.74. The molecule has 4 fully saturated rings. The van der Waals surface area contributed by atoms with Crippen LogP contribution in [0.1, 0.15) is 20.3 Å². The Bertz CT molecular complexity index is 542. The summed E-state index contributed by atoms with van der Waals surface area (Å²) in [5.41, 5.74) is -1.91. The number of fused-ring (bicyclic) bond motifs is 2. The van der Waals surface area contributed by atoms with Crippen molar-refractivity contribution in [2.45, 2.75) is 55.9 Å². The number of esters is 1. The van der Waals surface area contributed by atoms with Crippen molar-refractivity contribution < 1.29 is 29.6 Å². The van der Waals surface area contributed by atoms with Gasteiger partial charge in [-0.15, -0.1) is 0 Å². The summed E-state index contributed by atoms with van der Waals surface area (Å²) in [6.45, 7) is 7.23. The van der Waals surface area contributed by atoms with E-state index in [1.165, 1.54) is 0 Å². The van der Waals surface area contributed by atoms with Crippen molar-refractivity contribution in [2.24, 2.45) is 17.8 Å². The second-order valence-electron chi connectivity index (χ2n) is 7.17. The number of ether oxygens (including phenoxy) is 2. The topological polar surface area (TPSA) is 99.5 Å². The van der Waals surface area contributed by atoms with Crippen LogP contribution in [0.25, 0.3) is 0 Å². The Kier molecular flexibility index (Phi) is 2.40. The van der Waals surface area contributed by atoms with Gasteiger partial charge in [-0.3, -0.25) is 0 Å². The first-order valence-corrected chi connectivity index (χ1v) is 7.39. The Morgan fingerprint density at radius 2 is 2.05 bits per heavy atom. The van der Waals surface area contributed by atoms with Gasteiger partial charge in [0.15, 0.2) is 0 Å². The van der Waals surface area contributed by atoms with Gasteiger partial charge in [0.2, 0.25) is 0 Å². The zero-order valence-electron chi connectivity index (χ0n) is 12.0. The van der Waals surface area contributed by atoms with Gasteiger partial charge in [-0.1, -0.05) is 13.5 Å². The van der Waals surface area contributed by atoms with E-state index >= 15 is 0 Å². The van der Waals surface area contributed by atoms with Crippen LogP contribution in [0.2, 0.25) is 0 Å². The highest BCUT2D eigenvalue weighted by Crippen LogP contribution is 2.66. The van der Waals surface area contributed by atoms with Crippen LogP contribution in [0.3, 0.4) is 0 Å². The number of hydrogen-bond donors (Lipinski definition) is 3. The number of carbonyl (C=O) groups is 1. The third-order valence-electron chi connectivity index (χ3n) is 6.09. The first-order valence-electron chi connectivity index (χ1n) is 7.39. The normalized spacial score (nSPS) is 61.7.